The van der Waals surface area contributed by atoms with Crippen LogP contribution in [0.15, 0.2) is 18.5 Å². The van der Waals surface area contributed by atoms with Crippen LogP contribution in [0.5, 0.6) is 0 Å². The minimum absolute atomic E-state index is 0.214. The van der Waals surface area contributed by atoms with E-state index in [1.807, 2.05) is 13.8 Å². The number of aliphatic hydroxyl groups is 1. The smallest absolute Gasteiger partial charge is 0.0958 e. The second-order valence-corrected chi connectivity index (χ2v) is 3.82. The van der Waals surface area contributed by atoms with Gasteiger partial charge >= 0.3 is 0 Å². The van der Waals surface area contributed by atoms with Crippen LogP contribution in [0.3, 0.4) is 0 Å². The first-order valence-electron chi connectivity index (χ1n) is 4.66. The minimum Gasteiger partial charge on any atom is -0.397 e. The first kappa shape index (κ1) is 10.9. The van der Waals surface area contributed by atoms with Crippen LogP contribution < -0.4 is 11.5 Å². The van der Waals surface area contributed by atoms with Crippen LogP contribution >= 0.6 is 0 Å². The number of nitrogens with two attached hydrogens (primary N) is 2. The van der Waals surface area contributed by atoms with Gasteiger partial charge in [-0.25, -0.2) is 0 Å². The Morgan fingerprint density at radius 1 is 1.36 bits per heavy atom. The minimum atomic E-state index is -0.703. The lowest BCUT2D eigenvalue weighted by Gasteiger charge is -2.22. The maximum absolute atomic E-state index is 9.86. The summed E-state index contributed by atoms with van der Waals surface area (Å²) in [6.45, 7) is 3.93. The number of nitrogen functional groups attached to an aromatic ring is 1. The Morgan fingerprint density at radius 3 is 2.50 bits per heavy atom. The number of nitrogens with zero attached hydrogens (tertiary/aromatic N) is 1. The Bertz CT molecular complexity index is 301. The zero-order valence-corrected chi connectivity index (χ0v) is 8.51. The SMILES string of the molecule is CC(C)C(N)C(O)c1cncc(N)c1. The molecule has 0 amide bonds. The Kier molecular flexibility index (Phi) is 3.43. The predicted molar refractivity (Wildman–Crippen MR) is 56.4 cm³/mol. The summed E-state index contributed by atoms with van der Waals surface area (Å²) in [5, 5.41) is 9.86. The monoisotopic (exact) mass is 195 g/mol. The lowest BCUT2D eigenvalue weighted by atomic mass is 9.95. The topological polar surface area (TPSA) is 85.2 Å². The van der Waals surface area contributed by atoms with E-state index < -0.39 is 6.10 Å². The number of pyridine rings is 1. The van der Waals surface area contributed by atoms with E-state index in [-0.39, 0.29) is 12.0 Å². The second kappa shape index (κ2) is 4.39. The molecule has 4 nitrogen and oxygen atoms in total. The number of anilines is 1. The Hall–Kier alpha value is -1.13. The number of rotatable bonds is 3. The van der Waals surface area contributed by atoms with Crippen molar-refractivity contribution in [2.24, 2.45) is 11.7 Å². The summed E-state index contributed by atoms with van der Waals surface area (Å²) in [6, 6.07) is 1.40. The Balaban J connectivity index is 2.83. The van der Waals surface area contributed by atoms with E-state index in [2.05, 4.69) is 4.98 Å². The molecule has 0 saturated heterocycles. The molecule has 0 radical (unpaired) electrons. The zero-order valence-electron chi connectivity index (χ0n) is 8.51. The average molecular weight is 195 g/mol. The van der Waals surface area contributed by atoms with E-state index in [1.54, 1.807) is 12.3 Å². The molecule has 0 aliphatic carbocycles. The van der Waals surface area contributed by atoms with Crippen molar-refractivity contribution in [3.05, 3.63) is 24.0 Å². The van der Waals surface area contributed by atoms with Crippen molar-refractivity contribution < 1.29 is 5.11 Å². The van der Waals surface area contributed by atoms with Crippen molar-refractivity contribution in [1.29, 1.82) is 0 Å². The summed E-state index contributed by atoms with van der Waals surface area (Å²) in [6.07, 6.45) is 2.42. The normalized spacial score (nSPS) is 15.5. The Labute approximate surface area is 83.9 Å². The van der Waals surface area contributed by atoms with Crippen molar-refractivity contribution in [2.75, 3.05) is 5.73 Å². The van der Waals surface area contributed by atoms with Gasteiger partial charge in [0.1, 0.15) is 0 Å². The lowest BCUT2D eigenvalue weighted by Crippen LogP contribution is -2.33. The molecule has 0 bridgehead atoms. The van der Waals surface area contributed by atoms with Gasteiger partial charge in [-0.1, -0.05) is 13.8 Å². The molecule has 0 spiro atoms. The zero-order chi connectivity index (χ0) is 10.7. The summed E-state index contributed by atoms with van der Waals surface area (Å²) in [5.74, 6) is 0.214. The molecule has 0 aromatic carbocycles. The molecule has 1 rings (SSSR count). The number of hydrogen-bond acceptors (Lipinski definition) is 4. The molecule has 0 fully saturated rings. The van der Waals surface area contributed by atoms with Gasteiger partial charge in [0.2, 0.25) is 0 Å². The van der Waals surface area contributed by atoms with E-state index in [1.165, 1.54) is 6.20 Å². The van der Waals surface area contributed by atoms with E-state index in [4.69, 9.17) is 11.5 Å². The highest BCUT2D eigenvalue weighted by Crippen LogP contribution is 2.20. The molecular formula is C10H17N3O. The lowest BCUT2D eigenvalue weighted by molar-refractivity contribution is 0.125. The van der Waals surface area contributed by atoms with Crippen molar-refractivity contribution in [2.45, 2.75) is 26.0 Å². The average Bonchev–Trinajstić information content (AvgIpc) is 2.15. The first-order valence-corrected chi connectivity index (χ1v) is 4.66. The van der Waals surface area contributed by atoms with Gasteiger partial charge in [0.25, 0.3) is 0 Å². The summed E-state index contributed by atoms with van der Waals surface area (Å²) in [4.78, 5) is 3.91. The summed E-state index contributed by atoms with van der Waals surface area (Å²) < 4.78 is 0. The quantitative estimate of drug-likeness (QED) is 0.662. The molecule has 1 heterocycles. The molecular weight excluding hydrogens is 178 g/mol. The Morgan fingerprint density at radius 2 is 2.00 bits per heavy atom. The van der Waals surface area contributed by atoms with Gasteiger partial charge in [-0.3, -0.25) is 4.98 Å². The maximum atomic E-state index is 9.86. The molecule has 0 aliphatic heterocycles. The highest BCUT2D eigenvalue weighted by Gasteiger charge is 2.20. The molecule has 78 valence electrons. The molecule has 4 heteroatoms. The third kappa shape index (κ3) is 2.43. The molecule has 1 aromatic rings. The van der Waals surface area contributed by atoms with Crippen LogP contribution in [0.2, 0.25) is 0 Å². The molecule has 5 N–H and O–H groups in total. The standard InChI is InChI=1S/C10H17N3O/c1-6(2)9(12)10(14)7-3-8(11)5-13-4-7/h3-6,9-10,14H,11-12H2,1-2H3. The van der Waals surface area contributed by atoms with Gasteiger partial charge < -0.3 is 16.6 Å². The molecule has 0 aliphatic rings. The fraction of sp³-hybridized carbons (Fsp3) is 0.500. The number of aliphatic hydroxyl groups excluding tert-OH is 1. The highest BCUT2D eigenvalue weighted by atomic mass is 16.3. The molecule has 0 saturated carbocycles. The van der Waals surface area contributed by atoms with E-state index >= 15 is 0 Å². The highest BCUT2D eigenvalue weighted by molar-refractivity contribution is 5.38. The van der Waals surface area contributed by atoms with Gasteiger partial charge in [-0.2, -0.15) is 0 Å². The van der Waals surface area contributed by atoms with E-state index in [0.717, 1.165) is 0 Å². The van der Waals surface area contributed by atoms with Crippen molar-refractivity contribution in [3.63, 3.8) is 0 Å². The van der Waals surface area contributed by atoms with Crippen molar-refractivity contribution >= 4 is 5.69 Å². The summed E-state index contributed by atoms with van der Waals surface area (Å²) in [7, 11) is 0. The fourth-order valence-electron chi connectivity index (χ4n) is 1.22. The van der Waals surface area contributed by atoms with E-state index in [0.29, 0.717) is 11.3 Å². The third-order valence-corrected chi connectivity index (χ3v) is 2.26. The van der Waals surface area contributed by atoms with Crippen molar-refractivity contribution in [3.8, 4) is 0 Å². The van der Waals surface area contributed by atoms with Crippen LogP contribution in [-0.4, -0.2) is 16.1 Å². The molecule has 2 unspecified atom stereocenters. The first-order chi connectivity index (χ1) is 6.52. The van der Waals surface area contributed by atoms with Gasteiger partial charge in [-0.15, -0.1) is 0 Å². The van der Waals surface area contributed by atoms with Gasteiger partial charge in [0.15, 0.2) is 0 Å². The van der Waals surface area contributed by atoms with E-state index in [9.17, 15) is 5.11 Å². The van der Waals surface area contributed by atoms with Gasteiger partial charge in [0, 0.05) is 24.0 Å². The molecule has 2 atom stereocenters. The predicted octanol–water partition coefficient (Wildman–Crippen LogP) is 0.680. The van der Waals surface area contributed by atoms with Crippen LogP contribution in [-0.2, 0) is 0 Å². The number of hydrogen-bond donors (Lipinski definition) is 3. The van der Waals surface area contributed by atoms with Crippen LogP contribution in [0.4, 0.5) is 5.69 Å². The molecule has 14 heavy (non-hydrogen) atoms. The van der Waals surface area contributed by atoms with Crippen LogP contribution in [0.25, 0.3) is 0 Å². The second-order valence-electron chi connectivity index (χ2n) is 3.82. The van der Waals surface area contributed by atoms with Crippen LogP contribution in [0.1, 0.15) is 25.5 Å². The largest absolute Gasteiger partial charge is 0.397 e. The summed E-state index contributed by atoms with van der Waals surface area (Å²) >= 11 is 0. The third-order valence-electron chi connectivity index (χ3n) is 2.26. The fourth-order valence-corrected chi connectivity index (χ4v) is 1.22. The number of aromatic nitrogens is 1. The maximum Gasteiger partial charge on any atom is 0.0958 e. The summed E-state index contributed by atoms with van der Waals surface area (Å²) in [5.41, 5.74) is 12.6. The van der Waals surface area contributed by atoms with Crippen LogP contribution in [0, 0.1) is 5.92 Å². The van der Waals surface area contributed by atoms with Gasteiger partial charge in [-0.05, 0) is 12.0 Å². The van der Waals surface area contributed by atoms with Crippen molar-refractivity contribution in [1.82, 2.24) is 4.98 Å². The van der Waals surface area contributed by atoms with Gasteiger partial charge in [0.05, 0.1) is 11.8 Å². The molecule has 1 aromatic heterocycles.